The van der Waals surface area contributed by atoms with Gasteiger partial charge in [0.05, 0.1) is 12.8 Å². The number of methoxy groups -OCH3 is 1. The molecule has 3 nitrogen and oxygen atoms in total. The number of rotatable bonds is 2. The summed E-state index contributed by atoms with van der Waals surface area (Å²) in [7, 11) is 1.54. The third-order valence-electron chi connectivity index (χ3n) is 1.71. The minimum atomic E-state index is -0.153. The zero-order valence-electron chi connectivity index (χ0n) is 8.35. The summed E-state index contributed by atoms with van der Waals surface area (Å²) in [6.45, 7) is 3.34. The number of ether oxygens (including phenoxy) is 1. The Kier molecular flexibility index (Phi) is 3.36. The van der Waals surface area contributed by atoms with Crippen molar-refractivity contribution < 1.29 is 9.53 Å². The van der Waals surface area contributed by atoms with Gasteiger partial charge in [0.1, 0.15) is 10.8 Å². The van der Waals surface area contributed by atoms with Crippen molar-refractivity contribution in [2.24, 2.45) is 0 Å². The Morgan fingerprint density at radius 1 is 1.50 bits per heavy atom. The van der Waals surface area contributed by atoms with E-state index in [1.54, 1.807) is 6.07 Å². The molecule has 0 radical (unpaired) electrons. The number of nitrogens with one attached hydrogen (secondary N) is 1. The number of carbonyl (C=O) groups excluding carboxylic acids is 1. The van der Waals surface area contributed by atoms with Gasteiger partial charge in [-0.3, -0.25) is 4.79 Å². The average molecular weight is 214 g/mol. The molecule has 0 bridgehead atoms. The van der Waals surface area contributed by atoms with Crippen LogP contribution in [0, 0.1) is 6.92 Å². The molecule has 76 valence electrons. The summed E-state index contributed by atoms with van der Waals surface area (Å²) in [6.07, 6.45) is 0. The highest BCUT2D eigenvalue weighted by Gasteiger charge is 2.08. The van der Waals surface area contributed by atoms with Crippen LogP contribution in [0.4, 0.5) is 5.69 Å². The van der Waals surface area contributed by atoms with Crippen LogP contribution in [0.2, 0.25) is 5.02 Å². The number of amides is 1. The van der Waals surface area contributed by atoms with Crippen LogP contribution in [-0.4, -0.2) is 13.0 Å². The molecular weight excluding hydrogens is 202 g/mol. The highest BCUT2D eigenvalue weighted by Crippen LogP contribution is 2.33. The number of anilines is 1. The molecule has 1 aromatic rings. The Balaban J connectivity index is 3.15. The van der Waals surface area contributed by atoms with Crippen LogP contribution >= 0.6 is 11.6 Å². The van der Waals surface area contributed by atoms with Crippen LogP contribution in [0.5, 0.6) is 5.75 Å². The lowest BCUT2D eigenvalue weighted by atomic mass is 10.2. The Morgan fingerprint density at radius 2 is 2.14 bits per heavy atom. The van der Waals surface area contributed by atoms with E-state index in [-0.39, 0.29) is 5.91 Å². The highest BCUT2D eigenvalue weighted by molar-refractivity contribution is 6.35. The molecule has 0 aliphatic heterocycles. The molecule has 0 saturated heterocycles. The van der Waals surface area contributed by atoms with Crippen LogP contribution in [-0.2, 0) is 4.79 Å². The molecule has 1 amide bonds. The number of carbonyl (C=O) groups is 1. The van der Waals surface area contributed by atoms with E-state index in [1.807, 2.05) is 13.0 Å². The van der Waals surface area contributed by atoms with Crippen molar-refractivity contribution in [2.45, 2.75) is 13.8 Å². The Labute approximate surface area is 88.0 Å². The van der Waals surface area contributed by atoms with Crippen LogP contribution in [0.3, 0.4) is 0 Å². The van der Waals surface area contributed by atoms with Crippen molar-refractivity contribution in [2.75, 3.05) is 12.4 Å². The van der Waals surface area contributed by atoms with E-state index in [0.717, 1.165) is 5.56 Å². The van der Waals surface area contributed by atoms with Gasteiger partial charge in [-0.1, -0.05) is 11.6 Å². The maximum absolute atomic E-state index is 10.9. The predicted molar refractivity (Wildman–Crippen MR) is 57.0 cm³/mol. The van der Waals surface area contributed by atoms with Gasteiger partial charge in [0.2, 0.25) is 5.91 Å². The first kappa shape index (κ1) is 10.9. The number of aryl methyl sites for hydroxylation is 1. The second kappa shape index (κ2) is 4.33. The number of hydrogen-bond donors (Lipinski definition) is 1. The van der Waals surface area contributed by atoms with Gasteiger partial charge < -0.3 is 10.1 Å². The second-order valence-corrected chi connectivity index (χ2v) is 3.39. The molecule has 0 aromatic heterocycles. The van der Waals surface area contributed by atoms with E-state index in [4.69, 9.17) is 16.3 Å². The molecular formula is C10H12ClNO2. The van der Waals surface area contributed by atoms with Gasteiger partial charge in [-0.05, 0) is 24.6 Å². The summed E-state index contributed by atoms with van der Waals surface area (Å²) in [5.41, 5.74) is 1.56. The summed E-state index contributed by atoms with van der Waals surface area (Å²) in [6, 6.07) is 3.61. The zero-order valence-corrected chi connectivity index (χ0v) is 9.11. The molecule has 1 N–H and O–H groups in total. The Bertz CT molecular complexity index is 363. The maximum Gasteiger partial charge on any atom is 0.221 e. The molecule has 0 heterocycles. The average Bonchev–Trinajstić information content (AvgIpc) is 2.09. The number of hydrogen-bond acceptors (Lipinski definition) is 2. The van der Waals surface area contributed by atoms with E-state index in [9.17, 15) is 4.79 Å². The van der Waals surface area contributed by atoms with Crippen molar-refractivity contribution in [1.82, 2.24) is 0 Å². The third-order valence-corrected chi connectivity index (χ3v) is 2.10. The minimum Gasteiger partial charge on any atom is -0.495 e. The zero-order chi connectivity index (χ0) is 10.7. The molecule has 0 fully saturated rings. The van der Waals surface area contributed by atoms with Gasteiger partial charge in [0.15, 0.2) is 0 Å². The number of halogens is 1. The van der Waals surface area contributed by atoms with Crippen molar-refractivity contribution in [3.8, 4) is 5.75 Å². The van der Waals surface area contributed by atoms with Crippen molar-refractivity contribution in [3.05, 3.63) is 22.7 Å². The Morgan fingerprint density at radius 3 is 2.64 bits per heavy atom. The first-order chi connectivity index (χ1) is 6.54. The van der Waals surface area contributed by atoms with Gasteiger partial charge in [0, 0.05) is 6.92 Å². The summed E-state index contributed by atoms with van der Waals surface area (Å²) < 4.78 is 5.06. The second-order valence-electron chi connectivity index (χ2n) is 3.01. The standard InChI is InChI=1S/C10H12ClNO2/c1-6-4-8(12-7(2)13)10(11)9(5-6)14-3/h4-5H,1-3H3,(H,12,13). The van der Waals surface area contributed by atoms with Crippen molar-refractivity contribution in [3.63, 3.8) is 0 Å². The lowest BCUT2D eigenvalue weighted by molar-refractivity contribution is -0.114. The molecule has 0 atom stereocenters. The summed E-state index contributed by atoms with van der Waals surface area (Å²) >= 11 is 5.99. The van der Waals surface area contributed by atoms with Crippen molar-refractivity contribution >= 4 is 23.2 Å². The molecule has 1 aromatic carbocycles. The summed E-state index contributed by atoms with van der Waals surface area (Å²) in [5.74, 6) is 0.412. The lowest BCUT2D eigenvalue weighted by Crippen LogP contribution is -2.06. The predicted octanol–water partition coefficient (Wildman–Crippen LogP) is 2.62. The fourth-order valence-corrected chi connectivity index (χ4v) is 1.40. The van der Waals surface area contributed by atoms with E-state index >= 15 is 0 Å². The molecule has 0 saturated carbocycles. The molecule has 0 aliphatic rings. The fraction of sp³-hybridized carbons (Fsp3) is 0.300. The van der Waals surface area contributed by atoms with E-state index < -0.39 is 0 Å². The highest BCUT2D eigenvalue weighted by atomic mass is 35.5. The largest absolute Gasteiger partial charge is 0.495 e. The normalized spacial score (nSPS) is 9.71. The molecule has 1 rings (SSSR count). The third kappa shape index (κ3) is 2.39. The molecule has 14 heavy (non-hydrogen) atoms. The molecule has 4 heteroatoms. The smallest absolute Gasteiger partial charge is 0.221 e. The fourth-order valence-electron chi connectivity index (χ4n) is 1.16. The molecule has 0 aliphatic carbocycles. The molecule has 0 unspecified atom stereocenters. The van der Waals surface area contributed by atoms with Crippen LogP contribution in [0.15, 0.2) is 12.1 Å². The first-order valence-electron chi connectivity index (χ1n) is 4.16. The summed E-state index contributed by atoms with van der Waals surface area (Å²) in [4.78, 5) is 10.9. The number of benzene rings is 1. The van der Waals surface area contributed by atoms with Gasteiger partial charge in [-0.2, -0.15) is 0 Å². The monoisotopic (exact) mass is 213 g/mol. The lowest BCUT2D eigenvalue weighted by Gasteiger charge is -2.10. The summed E-state index contributed by atoms with van der Waals surface area (Å²) in [5, 5.41) is 3.06. The van der Waals surface area contributed by atoms with Gasteiger partial charge in [-0.25, -0.2) is 0 Å². The van der Waals surface area contributed by atoms with Crippen molar-refractivity contribution in [1.29, 1.82) is 0 Å². The van der Waals surface area contributed by atoms with Gasteiger partial charge >= 0.3 is 0 Å². The van der Waals surface area contributed by atoms with Gasteiger partial charge in [-0.15, -0.1) is 0 Å². The van der Waals surface area contributed by atoms with E-state index in [0.29, 0.717) is 16.5 Å². The van der Waals surface area contributed by atoms with Crippen LogP contribution in [0.1, 0.15) is 12.5 Å². The van der Waals surface area contributed by atoms with E-state index in [2.05, 4.69) is 5.32 Å². The first-order valence-corrected chi connectivity index (χ1v) is 4.54. The maximum atomic E-state index is 10.9. The minimum absolute atomic E-state index is 0.153. The van der Waals surface area contributed by atoms with Crippen LogP contribution < -0.4 is 10.1 Å². The SMILES string of the molecule is COc1cc(C)cc(NC(C)=O)c1Cl. The van der Waals surface area contributed by atoms with Crippen LogP contribution in [0.25, 0.3) is 0 Å². The molecule has 0 spiro atoms. The van der Waals surface area contributed by atoms with E-state index in [1.165, 1.54) is 14.0 Å². The Hall–Kier alpha value is -1.22. The van der Waals surface area contributed by atoms with Gasteiger partial charge in [0.25, 0.3) is 0 Å². The quantitative estimate of drug-likeness (QED) is 0.820. The topological polar surface area (TPSA) is 38.3 Å².